The Hall–Kier alpha value is -2.66. The molecule has 0 unspecified atom stereocenters. The number of unbranched alkanes of at least 4 members (excludes halogenated alkanes) is 1. The van der Waals surface area contributed by atoms with Gasteiger partial charge in [0.15, 0.2) is 0 Å². The second-order valence-electron chi connectivity index (χ2n) is 6.74. The molecular weight excluding hydrogens is 366 g/mol. The van der Waals surface area contributed by atoms with E-state index in [0.717, 1.165) is 12.8 Å². The molecule has 0 bridgehead atoms. The third-order valence-electron chi connectivity index (χ3n) is 4.45. The van der Waals surface area contributed by atoms with E-state index in [4.69, 9.17) is 10.5 Å². The van der Waals surface area contributed by atoms with Crippen molar-refractivity contribution in [2.75, 3.05) is 0 Å². The highest BCUT2D eigenvalue weighted by Gasteiger charge is 2.08. The second kappa shape index (κ2) is 18.4. The van der Waals surface area contributed by atoms with Gasteiger partial charge >= 0.3 is 0 Å². The zero-order valence-electron chi connectivity index (χ0n) is 20.6. The first kappa shape index (κ1) is 29.5. The van der Waals surface area contributed by atoms with Crippen LogP contribution >= 0.6 is 0 Å². The van der Waals surface area contributed by atoms with Gasteiger partial charge in [0.2, 0.25) is 0 Å². The Bertz CT molecular complexity index is 758. The van der Waals surface area contributed by atoms with Gasteiger partial charge in [0.1, 0.15) is 12.4 Å². The van der Waals surface area contributed by atoms with Crippen LogP contribution in [0, 0.1) is 33.1 Å². The number of hydrogen-bond donors (Lipinski definition) is 1. The van der Waals surface area contributed by atoms with E-state index >= 15 is 0 Å². The maximum Gasteiger partial charge on any atom is 0.142 e. The third kappa shape index (κ3) is 12.0. The molecule has 166 valence electrons. The molecule has 0 amide bonds. The van der Waals surface area contributed by atoms with Crippen molar-refractivity contribution in [2.45, 2.75) is 81.3 Å². The Morgan fingerprint density at radius 2 is 1.73 bits per heavy atom. The fourth-order valence-corrected chi connectivity index (χ4v) is 2.54. The Labute approximate surface area is 186 Å². The number of benzene rings is 1. The standard InChI is InChI=1S/C23H33NO.C3H4.C2H6/c1-7-9-10-11-12-21(8-2)15-23(20(6)24)25-16-22-18(4)14-13-17(3)19(22)5;1-3-2;1-2/h8,10-11,13-15H,6-7,9,12,16,24H2,1-5H3;1H,2H3;1-2H3/b11-10-,21-8-,23-15+;;. The molecule has 0 aliphatic carbocycles. The van der Waals surface area contributed by atoms with Crippen LogP contribution in [0.3, 0.4) is 0 Å². The van der Waals surface area contributed by atoms with Crippen molar-refractivity contribution in [2.24, 2.45) is 5.73 Å². The highest BCUT2D eigenvalue weighted by Crippen LogP contribution is 2.21. The van der Waals surface area contributed by atoms with Crippen molar-refractivity contribution in [1.82, 2.24) is 0 Å². The summed E-state index contributed by atoms with van der Waals surface area (Å²) in [7, 11) is 0. The van der Waals surface area contributed by atoms with Crippen LogP contribution < -0.4 is 5.73 Å². The van der Waals surface area contributed by atoms with E-state index < -0.39 is 0 Å². The van der Waals surface area contributed by atoms with Crippen LogP contribution in [-0.4, -0.2) is 0 Å². The zero-order valence-corrected chi connectivity index (χ0v) is 20.6. The fraction of sp³-hybridized carbons (Fsp3) is 0.429. The van der Waals surface area contributed by atoms with Gasteiger partial charge in [0.05, 0.1) is 5.70 Å². The molecule has 2 nitrogen and oxygen atoms in total. The minimum absolute atomic E-state index is 0.458. The van der Waals surface area contributed by atoms with Crippen molar-refractivity contribution < 1.29 is 4.74 Å². The van der Waals surface area contributed by atoms with E-state index in [9.17, 15) is 0 Å². The number of ether oxygens (including phenoxy) is 1. The first-order valence-electron chi connectivity index (χ1n) is 10.8. The molecule has 1 aromatic rings. The predicted molar refractivity (Wildman–Crippen MR) is 135 cm³/mol. The van der Waals surface area contributed by atoms with Crippen molar-refractivity contribution in [3.05, 3.63) is 82.3 Å². The van der Waals surface area contributed by atoms with E-state index in [0.29, 0.717) is 18.1 Å². The Balaban J connectivity index is 0. The van der Waals surface area contributed by atoms with Crippen LogP contribution in [0.1, 0.15) is 76.1 Å². The molecule has 0 spiro atoms. The summed E-state index contributed by atoms with van der Waals surface area (Å²) >= 11 is 0. The lowest BCUT2D eigenvalue weighted by Gasteiger charge is -2.16. The molecule has 1 rings (SSSR count). The van der Waals surface area contributed by atoms with Gasteiger partial charge in [-0.15, -0.1) is 12.3 Å². The summed E-state index contributed by atoms with van der Waals surface area (Å²) in [4.78, 5) is 0. The summed E-state index contributed by atoms with van der Waals surface area (Å²) in [6, 6.07) is 4.28. The first-order chi connectivity index (χ1) is 14.3. The number of nitrogens with two attached hydrogens (primary N) is 1. The molecule has 0 saturated heterocycles. The second-order valence-corrected chi connectivity index (χ2v) is 6.74. The minimum atomic E-state index is 0.458. The van der Waals surface area contributed by atoms with Gasteiger partial charge in [0, 0.05) is 0 Å². The molecule has 2 heteroatoms. The molecule has 0 fully saturated rings. The first-order valence-corrected chi connectivity index (χ1v) is 10.8. The third-order valence-corrected chi connectivity index (χ3v) is 4.45. The van der Waals surface area contributed by atoms with Gasteiger partial charge < -0.3 is 10.5 Å². The summed E-state index contributed by atoms with van der Waals surface area (Å²) in [5, 5.41) is 0. The lowest BCUT2D eigenvalue weighted by atomic mass is 9.99. The summed E-state index contributed by atoms with van der Waals surface area (Å²) in [5.41, 5.74) is 12.6. The average Bonchev–Trinajstić information content (AvgIpc) is 2.73. The highest BCUT2D eigenvalue weighted by molar-refractivity contribution is 5.39. The molecule has 0 aromatic heterocycles. The largest absolute Gasteiger partial charge is 0.487 e. The van der Waals surface area contributed by atoms with Crippen LogP contribution in [0.25, 0.3) is 0 Å². The van der Waals surface area contributed by atoms with Gasteiger partial charge in [0.25, 0.3) is 0 Å². The summed E-state index contributed by atoms with van der Waals surface area (Å²) in [6.07, 6.45) is 16.2. The summed E-state index contributed by atoms with van der Waals surface area (Å²) in [6.45, 7) is 20.6. The quantitative estimate of drug-likeness (QED) is 0.195. The smallest absolute Gasteiger partial charge is 0.142 e. The molecule has 0 heterocycles. The molecule has 0 atom stereocenters. The Kier molecular flexibility index (Phi) is 18.1. The lowest BCUT2D eigenvalue weighted by Crippen LogP contribution is -2.06. The van der Waals surface area contributed by atoms with Gasteiger partial charge in [-0.2, -0.15) is 0 Å². The maximum absolute atomic E-state index is 6.04. The topological polar surface area (TPSA) is 35.2 Å². The monoisotopic (exact) mass is 409 g/mol. The van der Waals surface area contributed by atoms with E-state index in [1.54, 1.807) is 6.92 Å². The van der Waals surface area contributed by atoms with E-state index in [1.165, 1.54) is 34.2 Å². The number of aryl methyl sites for hydroxylation is 2. The van der Waals surface area contributed by atoms with Crippen molar-refractivity contribution >= 4 is 0 Å². The molecule has 0 aliphatic rings. The molecule has 0 saturated carbocycles. The molecule has 30 heavy (non-hydrogen) atoms. The van der Waals surface area contributed by atoms with E-state index in [1.807, 2.05) is 26.8 Å². The van der Waals surface area contributed by atoms with Gasteiger partial charge in [-0.05, 0) is 81.4 Å². The number of hydrogen-bond acceptors (Lipinski definition) is 2. The zero-order chi connectivity index (χ0) is 23.5. The number of rotatable bonds is 9. The van der Waals surface area contributed by atoms with Gasteiger partial charge in [-0.3, -0.25) is 0 Å². The minimum Gasteiger partial charge on any atom is -0.487 e. The van der Waals surface area contributed by atoms with Gasteiger partial charge in [-0.1, -0.05) is 64.1 Å². The summed E-state index contributed by atoms with van der Waals surface area (Å²) in [5.74, 6) is 2.90. The molecule has 2 N–H and O–H groups in total. The average molecular weight is 410 g/mol. The van der Waals surface area contributed by atoms with Crippen LogP contribution in [0.2, 0.25) is 0 Å². The Morgan fingerprint density at radius 3 is 2.23 bits per heavy atom. The van der Waals surface area contributed by atoms with Crippen LogP contribution in [0.5, 0.6) is 0 Å². The molecule has 0 aliphatic heterocycles. The molecule has 0 radical (unpaired) electrons. The highest BCUT2D eigenvalue weighted by atomic mass is 16.5. The molecular formula is C28H43NO. The molecule has 1 aromatic carbocycles. The lowest BCUT2D eigenvalue weighted by molar-refractivity contribution is 0.205. The number of terminal acetylenes is 1. The van der Waals surface area contributed by atoms with Crippen LogP contribution in [0.15, 0.2) is 60.0 Å². The maximum atomic E-state index is 6.04. The summed E-state index contributed by atoms with van der Waals surface area (Å²) < 4.78 is 6.04. The Morgan fingerprint density at radius 1 is 1.17 bits per heavy atom. The van der Waals surface area contributed by atoms with Crippen molar-refractivity contribution in [3.8, 4) is 12.3 Å². The van der Waals surface area contributed by atoms with E-state index in [2.05, 4.69) is 77.0 Å². The van der Waals surface area contributed by atoms with Crippen molar-refractivity contribution in [3.63, 3.8) is 0 Å². The van der Waals surface area contributed by atoms with Crippen LogP contribution in [0.4, 0.5) is 0 Å². The predicted octanol–water partition coefficient (Wildman–Crippen LogP) is 7.84. The van der Waals surface area contributed by atoms with E-state index in [-0.39, 0.29) is 0 Å². The SMILES string of the molecule is C#CC.C=C(N)/C(=C\C(=C/C)C/C=C\CCC)OCc1c(C)ccc(C)c1C.CC. The number of allylic oxidation sites excluding steroid dienone is 5. The fourth-order valence-electron chi connectivity index (χ4n) is 2.54. The van der Waals surface area contributed by atoms with Gasteiger partial charge in [-0.25, -0.2) is 0 Å². The normalized spacial score (nSPS) is 11.0. The van der Waals surface area contributed by atoms with Crippen molar-refractivity contribution in [1.29, 1.82) is 0 Å². The van der Waals surface area contributed by atoms with Crippen LogP contribution in [-0.2, 0) is 11.3 Å².